The van der Waals surface area contributed by atoms with Gasteiger partial charge in [0.15, 0.2) is 11.6 Å². The summed E-state index contributed by atoms with van der Waals surface area (Å²) < 4.78 is 14.6. The van der Waals surface area contributed by atoms with Crippen molar-refractivity contribution in [2.75, 3.05) is 9.80 Å². The number of hydrogen-bond donors (Lipinski definition) is 1. The predicted molar refractivity (Wildman–Crippen MR) is 143 cm³/mol. The number of aromatic hydroxyl groups is 1. The number of carbonyl (C=O) groups is 4. The molecule has 3 aromatic carbocycles. The number of anilines is 2. The van der Waals surface area contributed by atoms with E-state index in [0.717, 1.165) is 5.57 Å². The highest BCUT2D eigenvalue weighted by molar-refractivity contribution is 6.24. The van der Waals surface area contributed by atoms with Crippen LogP contribution in [0.1, 0.15) is 24.3 Å². The third-order valence-electron chi connectivity index (χ3n) is 9.01. The summed E-state index contributed by atoms with van der Waals surface area (Å²) in [6.07, 6.45) is 2.47. The molecule has 7 rings (SSSR count). The molecule has 0 bridgehead atoms. The molecule has 1 N–H and O–H groups in total. The van der Waals surface area contributed by atoms with Gasteiger partial charge in [-0.2, -0.15) is 0 Å². The van der Waals surface area contributed by atoms with Gasteiger partial charge in [0, 0.05) is 5.92 Å². The molecule has 7 nitrogen and oxygen atoms in total. The number of benzene rings is 3. The summed E-state index contributed by atoms with van der Waals surface area (Å²) in [5, 5.41) is 9.86. The molecule has 40 heavy (non-hydrogen) atoms. The number of carbonyl (C=O) groups excluding carboxylic acids is 4. The molecule has 2 aliphatic carbocycles. The summed E-state index contributed by atoms with van der Waals surface area (Å²) in [5.41, 5.74) is 2.19. The van der Waals surface area contributed by atoms with Crippen molar-refractivity contribution in [1.29, 1.82) is 0 Å². The number of halogens is 1. The smallest absolute Gasteiger partial charge is 0.238 e. The summed E-state index contributed by atoms with van der Waals surface area (Å²) in [5.74, 6) is -6.63. The molecule has 2 aliphatic heterocycles. The molecule has 4 amide bonds. The van der Waals surface area contributed by atoms with Gasteiger partial charge in [-0.15, -0.1) is 0 Å². The maximum atomic E-state index is 14.6. The highest BCUT2D eigenvalue weighted by Crippen LogP contribution is 2.58. The fraction of sp³-hybridized carbons (Fsp3) is 0.250. The van der Waals surface area contributed by atoms with Crippen molar-refractivity contribution in [1.82, 2.24) is 0 Å². The average molecular weight is 537 g/mol. The average Bonchev–Trinajstić information content (AvgIpc) is 3.38. The predicted octanol–water partition coefficient (Wildman–Crippen LogP) is 4.58. The number of fused-ring (bicyclic) bond motifs is 4. The Balaban J connectivity index is 1.35. The molecule has 3 fully saturated rings. The Kier molecular flexibility index (Phi) is 5.49. The third-order valence-corrected chi connectivity index (χ3v) is 9.01. The molecule has 2 heterocycles. The van der Waals surface area contributed by atoms with Crippen LogP contribution in [-0.2, 0) is 19.2 Å². The van der Waals surface area contributed by atoms with E-state index in [-0.39, 0.29) is 30.0 Å². The van der Waals surface area contributed by atoms with Gasteiger partial charge in [-0.1, -0.05) is 54.1 Å². The van der Waals surface area contributed by atoms with Crippen LogP contribution in [0.3, 0.4) is 0 Å². The standard InChI is InChI=1S/C32H25FN2O5/c33-24-15-17(11-14-25(24)36)26-20-12-13-21-27(31(39)34(29(21)37)18-7-3-1-4-8-18)22(20)16-23-28(26)32(40)35(30(23)38)19-9-5-2-6-10-19/h1-12,14-15,21-23,26-28,36H,13,16H2/t21-,22+,23+,26-,27-,28+/m0/s1. The van der Waals surface area contributed by atoms with E-state index in [2.05, 4.69) is 0 Å². The molecule has 6 atom stereocenters. The van der Waals surface area contributed by atoms with Crippen molar-refractivity contribution in [2.45, 2.75) is 18.8 Å². The van der Waals surface area contributed by atoms with Gasteiger partial charge in [0.1, 0.15) is 0 Å². The lowest BCUT2D eigenvalue weighted by molar-refractivity contribution is -0.126. The zero-order chi connectivity index (χ0) is 27.7. The molecule has 1 saturated carbocycles. The van der Waals surface area contributed by atoms with E-state index in [1.165, 1.54) is 21.9 Å². The Morgan fingerprint density at radius 1 is 0.675 bits per heavy atom. The molecule has 0 aromatic heterocycles. The number of amides is 4. The van der Waals surface area contributed by atoms with Gasteiger partial charge in [-0.3, -0.25) is 29.0 Å². The van der Waals surface area contributed by atoms with E-state index in [1.807, 2.05) is 12.1 Å². The van der Waals surface area contributed by atoms with Gasteiger partial charge >= 0.3 is 0 Å². The van der Waals surface area contributed by atoms with Gasteiger partial charge < -0.3 is 5.11 Å². The molecular formula is C32H25FN2O5. The second kappa shape index (κ2) is 8.98. The lowest BCUT2D eigenvalue weighted by Gasteiger charge is -2.44. The van der Waals surface area contributed by atoms with Gasteiger partial charge in [0.2, 0.25) is 23.6 Å². The minimum Gasteiger partial charge on any atom is -0.505 e. The number of phenolic OH excluding ortho intramolecular Hbond substituents is 1. The van der Waals surface area contributed by atoms with E-state index in [9.17, 15) is 28.7 Å². The lowest BCUT2D eigenvalue weighted by Crippen LogP contribution is -2.43. The van der Waals surface area contributed by atoms with Crippen molar-refractivity contribution in [3.63, 3.8) is 0 Å². The van der Waals surface area contributed by atoms with Crippen molar-refractivity contribution >= 4 is 35.0 Å². The van der Waals surface area contributed by atoms with Crippen LogP contribution in [0.15, 0.2) is 90.5 Å². The van der Waals surface area contributed by atoms with Crippen LogP contribution >= 0.6 is 0 Å². The van der Waals surface area contributed by atoms with Crippen LogP contribution in [0.4, 0.5) is 15.8 Å². The second-order valence-corrected chi connectivity index (χ2v) is 10.9. The molecular weight excluding hydrogens is 511 g/mol. The zero-order valence-corrected chi connectivity index (χ0v) is 21.3. The summed E-state index contributed by atoms with van der Waals surface area (Å²) >= 11 is 0. The number of hydrogen-bond acceptors (Lipinski definition) is 5. The normalized spacial score (nSPS) is 29.3. The van der Waals surface area contributed by atoms with Crippen LogP contribution in [-0.4, -0.2) is 28.7 Å². The highest BCUT2D eigenvalue weighted by atomic mass is 19.1. The Hall–Kier alpha value is -4.59. The van der Waals surface area contributed by atoms with Gasteiger partial charge in [-0.05, 0) is 60.7 Å². The number of imide groups is 2. The van der Waals surface area contributed by atoms with Crippen molar-refractivity contribution in [3.05, 3.63) is 102 Å². The van der Waals surface area contributed by atoms with Gasteiger partial charge in [-0.25, -0.2) is 4.39 Å². The first-order valence-electron chi connectivity index (χ1n) is 13.4. The minimum atomic E-state index is -0.829. The number of nitrogens with zero attached hydrogens (tertiary/aromatic N) is 2. The number of rotatable bonds is 3. The van der Waals surface area contributed by atoms with Crippen molar-refractivity contribution in [2.24, 2.45) is 29.6 Å². The number of allylic oxidation sites excluding steroid dienone is 2. The highest BCUT2D eigenvalue weighted by Gasteiger charge is 2.62. The van der Waals surface area contributed by atoms with Crippen LogP contribution < -0.4 is 9.80 Å². The van der Waals surface area contributed by atoms with E-state index >= 15 is 0 Å². The summed E-state index contributed by atoms with van der Waals surface area (Å²) in [6, 6.07) is 21.5. The van der Waals surface area contributed by atoms with Crippen LogP contribution in [0.5, 0.6) is 5.75 Å². The van der Waals surface area contributed by atoms with Crippen molar-refractivity contribution < 1.29 is 28.7 Å². The zero-order valence-electron chi connectivity index (χ0n) is 21.3. The minimum absolute atomic E-state index is 0.240. The third kappa shape index (κ3) is 3.41. The maximum Gasteiger partial charge on any atom is 0.238 e. The number of para-hydroxylation sites is 2. The summed E-state index contributed by atoms with van der Waals surface area (Å²) in [4.78, 5) is 57.6. The SMILES string of the molecule is O=C1[C@H]2[C@H](CC=C3[C@H]2C[C@H]2C(=O)N(c4ccccc4)C(=O)[C@H]2[C@H]3c2ccc(O)c(F)c2)C(=O)N1c1ccccc1. The topological polar surface area (TPSA) is 95.0 Å². The second-order valence-electron chi connectivity index (χ2n) is 10.9. The monoisotopic (exact) mass is 536 g/mol. The molecule has 3 aromatic rings. The molecule has 0 radical (unpaired) electrons. The first kappa shape index (κ1) is 24.5. The van der Waals surface area contributed by atoms with E-state index in [4.69, 9.17) is 0 Å². The van der Waals surface area contributed by atoms with Gasteiger partial charge in [0.05, 0.1) is 35.0 Å². The summed E-state index contributed by atoms with van der Waals surface area (Å²) in [6.45, 7) is 0. The molecule has 4 aliphatic rings. The number of phenols is 1. The Labute approximate surface area is 229 Å². The largest absolute Gasteiger partial charge is 0.505 e. The van der Waals surface area contributed by atoms with Gasteiger partial charge in [0.25, 0.3) is 0 Å². The summed E-state index contributed by atoms with van der Waals surface area (Å²) in [7, 11) is 0. The van der Waals surface area contributed by atoms with Crippen LogP contribution in [0, 0.1) is 35.4 Å². The molecule has 0 unspecified atom stereocenters. The van der Waals surface area contributed by atoms with Crippen LogP contribution in [0.2, 0.25) is 0 Å². The Morgan fingerprint density at radius 3 is 1.85 bits per heavy atom. The molecule has 0 spiro atoms. The Bertz CT molecular complexity index is 1600. The van der Waals surface area contributed by atoms with E-state index in [0.29, 0.717) is 23.4 Å². The fourth-order valence-corrected chi connectivity index (χ4v) is 7.34. The van der Waals surface area contributed by atoms with E-state index < -0.39 is 47.1 Å². The van der Waals surface area contributed by atoms with Crippen LogP contribution in [0.25, 0.3) is 0 Å². The Morgan fingerprint density at radius 2 is 1.25 bits per heavy atom. The lowest BCUT2D eigenvalue weighted by atomic mass is 9.57. The quantitative estimate of drug-likeness (QED) is 0.391. The first-order valence-corrected chi connectivity index (χ1v) is 13.4. The molecule has 8 heteroatoms. The molecule has 200 valence electrons. The van der Waals surface area contributed by atoms with E-state index in [1.54, 1.807) is 60.7 Å². The van der Waals surface area contributed by atoms with Crippen molar-refractivity contribution in [3.8, 4) is 5.75 Å². The molecule has 2 saturated heterocycles. The maximum absolute atomic E-state index is 14.6. The fourth-order valence-electron chi connectivity index (χ4n) is 7.34. The first-order chi connectivity index (χ1) is 19.4.